The third kappa shape index (κ3) is 4.18. The summed E-state index contributed by atoms with van der Waals surface area (Å²) in [5.74, 6) is -0.237. The predicted molar refractivity (Wildman–Crippen MR) is 101 cm³/mol. The Balaban J connectivity index is 1.86. The second-order valence-corrected chi connectivity index (χ2v) is 6.83. The number of rotatable bonds is 6. The first-order valence-corrected chi connectivity index (χ1v) is 8.90. The molecule has 1 amide bonds. The maximum absolute atomic E-state index is 13.0. The fourth-order valence-electron chi connectivity index (χ4n) is 2.41. The third-order valence-corrected chi connectivity index (χ3v) is 5.07. The Hall–Kier alpha value is -2.93. The summed E-state index contributed by atoms with van der Waals surface area (Å²) in [6, 6.07) is 16.4. The number of nitrogens with one attached hydrogen (secondary N) is 1. The fraction of sp³-hybridized carbons (Fsp3) is 0.158. The SMILES string of the molecule is CC(=O)c1cccc(NC(=O)[C@@H](Sc2nncn2C)c2ccccc2)c1. The normalized spacial score (nSPS) is 11.8. The molecule has 0 bridgehead atoms. The van der Waals surface area contributed by atoms with Crippen LogP contribution in [0.2, 0.25) is 0 Å². The van der Waals surface area contributed by atoms with Crippen LogP contribution in [-0.2, 0) is 11.8 Å². The van der Waals surface area contributed by atoms with Gasteiger partial charge in [-0.05, 0) is 24.6 Å². The standard InChI is InChI=1S/C19H18N4O2S/c1-13(24)15-9-6-10-16(11-15)21-18(25)17(14-7-4-3-5-8-14)26-19-22-20-12-23(19)2/h3-12,17H,1-2H3,(H,21,25)/t17-/m0/s1. The average Bonchev–Trinajstić information content (AvgIpc) is 3.05. The van der Waals surface area contributed by atoms with Crippen LogP contribution in [-0.4, -0.2) is 26.5 Å². The summed E-state index contributed by atoms with van der Waals surface area (Å²) in [6.07, 6.45) is 1.60. The number of carbonyl (C=O) groups is 2. The lowest BCUT2D eigenvalue weighted by Gasteiger charge is -2.16. The zero-order chi connectivity index (χ0) is 18.5. The number of nitrogens with zero attached hydrogens (tertiary/aromatic N) is 3. The molecule has 0 spiro atoms. The quantitative estimate of drug-likeness (QED) is 0.534. The highest BCUT2D eigenvalue weighted by Gasteiger charge is 2.24. The second kappa shape index (κ2) is 7.97. The molecular weight excluding hydrogens is 348 g/mol. The molecule has 0 fully saturated rings. The molecule has 2 aromatic carbocycles. The van der Waals surface area contributed by atoms with Crippen LogP contribution >= 0.6 is 11.8 Å². The van der Waals surface area contributed by atoms with E-state index in [1.807, 2.05) is 37.4 Å². The number of hydrogen-bond acceptors (Lipinski definition) is 5. The van der Waals surface area contributed by atoms with Gasteiger partial charge in [0.25, 0.3) is 0 Å². The van der Waals surface area contributed by atoms with Crippen molar-refractivity contribution < 1.29 is 9.59 Å². The number of Topliss-reactive ketones (excluding diaryl/α,β-unsaturated/α-hetero) is 1. The monoisotopic (exact) mass is 366 g/mol. The van der Waals surface area contributed by atoms with Gasteiger partial charge in [0.1, 0.15) is 11.6 Å². The van der Waals surface area contributed by atoms with E-state index in [1.165, 1.54) is 18.7 Å². The van der Waals surface area contributed by atoms with Crippen molar-refractivity contribution in [1.29, 1.82) is 0 Å². The Bertz CT molecular complexity index is 924. The lowest BCUT2D eigenvalue weighted by Crippen LogP contribution is -2.19. The van der Waals surface area contributed by atoms with Crippen LogP contribution in [0.3, 0.4) is 0 Å². The summed E-state index contributed by atoms with van der Waals surface area (Å²) >= 11 is 1.32. The van der Waals surface area contributed by atoms with Crippen LogP contribution in [0.5, 0.6) is 0 Å². The van der Waals surface area contributed by atoms with Crippen molar-refractivity contribution in [3.05, 3.63) is 72.1 Å². The van der Waals surface area contributed by atoms with E-state index < -0.39 is 5.25 Å². The van der Waals surface area contributed by atoms with Gasteiger partial charge >= 0.3 is 0 Å². The average molecular weight is 366 g/mol. The molecule has 0 aliphatic heterocycles. The number of carbonyl (C=O) groups excluding carboxylic acids is 2. The predicted octanol–water partition coefficient (Wildman–Crippen LogP) is 3.49. The van der Waals surface area contributed by atoms with E-state index >= 15 is 0 Å². The number of benzene rings is 2. The highest BCUT2D eigenvalue weighted by molar-refractivity contribution is 8.00. The highest BCUT2D eigenvalue weighted by atomic mass is 32.2. The molecule has 1 N–H and O–H groups in total. The third-order valence-electron chi connectivity index (χ3n) is 3.77. The number of anilines is 1. The first-order chi connectivity index (χ1) is 12.5. The zero-order valence-corrected chi connectivity index (χ0v) is 15.2. The molecule has 7 heteroatoms. The molecule has 132 valence electrons. The van der Waals surface area contributed by atoms with Crippen LogP contribution in [0.15, 0.2) is 66.1 Å². The second-order valence-electron chi connectivity index (χ2n) is 5.76. The van der Waals surface area contributed by atoms with Crippen molar-refractivity contribution in [2.24, 2.45) is 7.05 Å². The van der Waals surface area contributed by atoms with E-state index in [9.17, 15) is 9.59 Å². The van der Waals surface area contributed by atoms with E-state index in [0.717, 1.165) is 5.56 Å². The number of amides is 1. The van der Waals surface area contributed by atoms with Gasteiger partial charge in [0.15, 0.2) is 10.9 Å². The van der Waals surface area contributed by atoms with Gasteiger partial charge in [-0.15, -0.1) is 10.2 Å². The molecule has 0 saturated heterocycles. The van der Waals surface area contributed by atoms with Crippen LogP contribution in [0.4, 0.5) is 5.69 Å². The van der Waals surface area contributed by atoms with Gasteiger partial charge in [-0.1, -0.05) is 54.2 Å². The molecule has 0 aliphatic rings. The maximum Gasteiger partial charge on any atom is 0.242 e. The molecule has 3 aromatic rings. The van der Waals surface area contributed by atoms with Gasteiger partial charge in [-0.25, -0.2) is 0 Å². The minimum Gasteiger partial charge on any atom is -0.325 e. The van der Waals surface area contributed by atoms with Crippen molar-refractivity contribution in [3.8, 4) is 0 Å². The summed E-state index contributed by atoms with van der Waals surface area (Å²) in [7, 11) is 1.83. The Morgan fingerprint density at radius 3 is 2.54 bits per heavy atom. The summed E-state index contributed by atoms with van der Waals surface area (Å²) in [6.45, 7) is 1.50. The van der Waals surface area contributed by atoms with Crippen molar-refractivity contribution in [3.63, 3.8) is 0 Å². The van der Waals surface area contributed by atoms with Gasteiger partial charge in [0, 0.05) is 18.3 Å². The molecule has 0 saturated carbocycles. The van der Waals surface area contributed by atoms with Crippen molar-refractivity contribution in [1.82, 2.24) is 14.8 Å². The Morgan fingerprint density at radius 2 is 1.88 bits per heavy atom. The van der Waals surface area contributed by atoms with E-state index in [4.69, 9.17) is 0 Å². The van der Waals surface area contributed by atoms with Crippen LogP contribution in [0.1, 0.15) is 28.1 Å². The highest BCUT2D eigenvalue weighted by Crippen LogP contribution is 2.34. The maximum atomic E-state index is 13.0. The van der Waals surface area contributed by atoms with Gasteiger partial charge < -0.3 is 9.88 Å². The van der Waals surface area contributed by atoms with Gasteiger partial charge in [-0.2, -0.15) is 0 Å². The topological polar surface area (TPSA) is 76.9 Å². The summed E-state index contributed by atoms with van der Waals surface area (Å²) in [5, 5.41) is 11.0. The lowest BCUT2D eigenvalue weighted by molar-refractivity contribution is -0.115. The van der Waals surface area contributed by atoms with Crippen molar-refractivity contribution in [2.75, 3.05) is 5.32 Å². The van der Waals surface area contributed by atoms with Gasteiger partial charge in [0.2, 0.25) is 5.91 Å². The van der Waals surface area contributed by atoms with Crippen LogP contribution in [0.25, 0.3) is 0 Å². The van der Waals surface area contributed by atoms with Gasteiger partial charge in [-0.3, -0.25) is 9.59 Å². The molecule has 6 nitrogen and oxygen atoms in total. The number of thioether (sulfide) groups is 1. The fourth-order valence-corrected chi connectivity index (χ4v) is 3.39. The van der Waals surface area contributed by atoms with E-state index in [2.05, 4.69) is 15.5 Å². The van der Waals surface area contributed by atoms with E-state index in [0.29, 0.717) is 16.4 Å². The summed E-state index contributed by atoms with van der Waals surface area (Å²) in [5.41, 5.74) is 2.00. The molecule has 1 atom stereocenters. The molecule has 0 aliphatic carbocycles. The molecule has 0 unspecified atom stereocenters. The Labute approximate surface area is 155 Å². The molecular formula is C19H18N4O2S. The van der Waals surface area contributed by atoms with Crippen molar-refractivity contribution in [2.45, 2.75) is 17.3 Å². The molecule has 3 rings (SSSR count). The lowest BCUT2D eigenvalue weighted by atomic mass is 10.1. The first-order valence-electron chi connectivity index (χ1n) is 8.02. The van der Waals surface area contributed by atoms with E-state index in [-0.39, 0.29) is 11.7 Å². The molecule has 26 heavy (non-hydrogen) atoms. The molecule has 1 aromatic heterocycles. The van der Waals surface area contributed by atoms with Gasteiger partial charge in [0.05, 0.1) is 0 Å². The number of ketones is 1. The van der Waals surface area contributed by atoms with Crippen molar-refractivity contribution >= 4 is 29.1 Å². The number of hydrogen-bond donors (Lipinski definition) is 1. The molecule has 0 radical (unpaired) electrons. The Morgan fingerprint density at radius 1 is 1.12 bits per heavy atom. The zero-order valence-electron chi connectivity index (χ0n) is 14.4. The molecule has 1 heterocycles. The number of aryl methyl sites for hydroxylation is 1. The smallest absolute Gasteiger partial charge is 0.242 e. The largest absolute Gasteiger partial charge is 0.325 e. The van der Waals surface area contributed by atoms with Crippen LogP contribution in [0, 0.1) is 0 Å². The first kappa shape index (κ1) is 17.9. The van der Waals surface area contributed by atoms with Crippen LogP contribution < -0.4 is 5.32 Å². The number of aromatic nitrogens is 3. The Kier molecular flexibility index (Phi) is 5.48. The summed E-state index contributed by atoms with van der Waals surface area (Å²) < 4.78 is 1.77. The minimum atomic E-state index is -0.500. The van der Waals surface area contributed by atoms with E-state index in [1.54, 1.807) is 35.2 Å². The minimum absolute atomic E-state index is 0.0471. The summed E-state index contributed by atoms with van der Waals surface area (Å²) in [4.78, 5) is 24.5.